The Balaban J connectivity index is 2.39. The average Bonchev–Trinajstić information content (AvgIpc) is 1.85. The Morgan fingerprint density at radius 1 is 1.75 bits per heavy atom. The van der Waals surface area contributed by atoms with Crippen molar-refractivity contribution in [2.45, 2.75) is 25.5 Å². The third-order valence-corrected chi connectivity index (χ3v) is 1.60. The van der Waals surface area contributed by atoms with Crippen LogP contribution in [0.1, 0.15) is 13.3 Å². The minimum atomic E-state index is -0.199. The largest absolute Gasteiger partial charge is 0.392 e. The average molecular weight is 116 g/mol. The molecule has 0 radical (unpaired) electrons. The maximum atomic E-state index is 8.95. The zero-order valence-corrected chi connectivity index (χ0v) is 5.04. The lowest BCUT2D eigenvalue weighted by molar-refractivity contribution is 0.176. The second-order valence-electron chi connectivity index (χ2n) is 2.44. The number of hydrazine groups is 1. The van der Waals surface area contributed by atoms with Crippen LogP contribution in [-0.4, -0.2) is 28.8 Å². The molecule has 48 valence electrons. The van der Waals surface area contributed by atoms with Crippen molar-refractivity contribution in [3.05, 3.63) is 0 Å². The van der Waals surface area contributed by atoms with Gasteiger partial charge < -0.3 is 5.11 Å². The van der Waals surface area contributed by atoms with E-state index in [1.165, 1.54) is 0 Å². The highest BCUT2D eigenvalue weighted by molar-refractivity contribution is 4.77. The summed E-state index contributed by atoms with van der Waals surface area (Å²) in [5, 5.41) is 10.6. The zero-order chi connectivity index (χ0) is 6.15. The van der Waals surface area contributed by atoms with Gasteiger partial charge in [-0.05, 0) is 13.3 Å². The lowest BCUT2D eigenvalue weighted by Crippen LogP contribution is -2.34. The molecule has 0 amide bonds. The summed E-state index contributed by atoms with van der Waals surface area (Å²) in [4.78, 5) is 0. The molecule has 1 aliphatic heterocycles. The lowest BCUT2D eigenvalue weighted by Gasteiger charge is -2.11. The molecule has 0 aromatic carbocycles. The molecule has 3 nitrogen and oxygen atoms in total. The number of aliphatic hydroxyl groups is 1. The highest BCUT2D eigenvalue weighted by Crippen LogP contribution is 2.11. The number of hydrogen-bond donors (Lipinski definition) is 2. The van der Waals surface area contributed by atoms with Gasteiger partial charge in [-0.3, -0.25) is 5.84 Å². The van der Waals surface area contributed by atoms with Gasteiger partial charge in [0.2, 0.25) is 0 Å². The van der Waals surface area contributed by atoms with E-state index in [0.717, 1.165) is 6.42 Å². The van der Waals surface area contributed by atoms with Crippen molar-refractivity contribution in [2.24, 2.45) is 5.84 Å². The topological polar surface area (TPSA) is 49.5 Å². The Morgan fingerprint density at radius 3 is 2.50 bits per heavy atom. The predicted molar refractivity (Wildman–Crippen MR) is 31.0 cm³/mol. The molecular weight excluding hydrogens is 104 g/mol. The molecule has 1 saturated heterocycles. The van der Waals surface area contributed by atoms with Crippen LogP contribution in [0.3, 0.4) is 0 Å². The highest BCUT2D eigenvalue weighted by atomic mass is 16.3. The van der Waals surface area contributed by atoms with Gasteiger partial charge in [0.15, 0.2) is 0 Å². The Labute approximate surface area is 49.1 Å². The van der Waals surface area contributed by atoms with E-state index in [1.807, 2.05) is 6.92 Å². The van der Waals surface area contributed by atoms with Crippen molar-refractivity contribution in [3.63, 3.8) is 0 Å². The van der Waals surface area contributed by atoms with E-state index < -0.39 is 0 Å². The molecule has 1 fully saturated rings. The molecule has 0 aromatic heterocycles. The van der Waals surface area contributed by atoms with Gasteiger partial charge in [-0.2, -0.15) is 0 Å². The third kappa shape index (κ3) is 0.992. The number of nitrogens with zero attached hydrogens (tertiary/aromatic N) is 1. The second-order valence-corrected chi connectivity index (χ2v) is 2.44. The summed E-state index contributed by atoms with van der Waals surface area (Å²) in [6.07, 6.45) is 0.617. The van der Waals surface area contributed by atoms with Gasteiger partial charge in [0, 0.05) is 12.6 Å². The van der Waals surface area contributed by atoms with E-state index in [-0.39, 0.29) is 6.10 Å². The van der Waals surface area contributed by atoms with Crippen LogP contribution in [0.15, 0.2) is 0 Å². The highest BCUT2D eigenvalue weighted by Gasteiger charge is 2.24. The van der Waals surface area contributed by atoms with E-state index in [9.17, 15) is 0 Å². The molecule has 0 spiro atoms. The Hall–Kier alpha value is -0.120. The number of hydrogen-bond acceptors (Lipinski definition) is 3. The Bertz CT molecular complexity index is 76.5. The molecule has 1 aliphatic rings. The fraction of sp³-hybridized carbons (Fsp3) is 1.00. The van der Waals surface area contributed by atoms with E-state index >= 15 is 0 Å². The SMILES string of the molecule is CC1CC(O)CN1N. The normalized spacial score (nSPS) is 40.9. The first-order valence-corrected chi connectivity index (χ1v) is 2.89. The minimum Gasteiger partial charge on any atom is -0.392 e. The first kappa shape index (κ1) is 6.01. The lowest BCUT2D eigenvalue weighted by atomic mass is 10.2. The van der Waals surface area contributed by atoms with Crippen molar-refractivity contribution in [2.75, 3.05) is 6.54 Å². The molecule has 2 unspecified atom stereocenters. The van der Waals surface area contributed by atoms with Gasteiger partial charge in [0.25, 0.3) is 0 Å². The molecule has 0 aliphatic carbocycles. The molecule has 2 atom stereocenters. The first-order valence-electron chi connectivity index (χ1n) is 2.89. The number of aliphatic hydroxyl groups excluding tert-OH is 1. The van der Waals surface area contributed by atoms with Crippen LogP contribution in [-0.2, 0) is 0 Å². The standard InChI is InChI=1S/C5H12N2O/c1-4-2-5(8)3-7(4)6/h4-5,8H,2-3,6H2,1H3. The summed E-state index contributed by atoms with van der Waals surface area (Å²) in [6.45, 7) is 2.64. The first-order chi connectivity index (χ1) is 3.70. The number of nitrogens with two attached hydrogens (primary N) is 1. The third-order valence-electron chi connectivity index (χ3n) is 1.60. The van der Waals surface area contributed by atoms with Crippen molar-refractivity contribution >= 4 is 0 Å². The van der Waals surface area contributed by atoms with E-state index in [2.05, 4.69) is 0 Å². The zero-order valence-electron chi connectivity index (χ0n) is 5.04. The van der Waals surface area contributed by atoms with Crippen molar-refractivity contribution in [1.29, 1.82) is 0 Å². The molecule has 3 N–H and O–H groups in total. The quantitative estimate of drug-likeness (QED) is 0.412. The van der Waals surface area contributed by atoms with Crippen LogP contribution in [0.2, 0.25) is 0 Å². The van der Waals surface area contributed by atoms with Gasteiger partial charge in [0.1, 0.15) is 0 Å². The fourth-order valence-corrected chi connectivity index (χ4v) is 1.03. The molecular formula is C5H12N2O. The monoisotopic (exact) mass is 116 g/mol. The summed E-state index contributed by atoms with van der Waals surface area (Å²) < 4.78 is 0. The van der Waals surface area contributed by atoms with Crippen LogP contribution >= 0.6 is 0 Å². The van der Waals surface area contributed by atoms with Crippen molar-refractivity contribution in [1.82, 2.24) is 5.01 Å². The molecule has 8 heavy (non-hydrogen) atoms. The summed E-state index contributed by atoms with van der Waals surface area (Å²) in [5.41, 5.74) is 0. The van der Waals surface area contributed by atoms with E-state index in [1.54, 1.807) is 5.01 Å². The second kappa shape index (κ2) is 2.01. The predicted octanol–water partition coefficient (Wildman–Crippen LogP) is -0.685. The summed E-state index contributed by atoms with van der Waals surface area (Å²) in [7, 11) is 0. The van der Waals surface area contributed by atoms with Crippen LogP contribution in [0, 0.1) is 0 Å². The van der Waals surface area contributed by atoms with Crippen LogP contribution in [0.4, 0.5) is 0 Å². The maximum absolute atomic E-state index is 8.95. The Kier molecular flexibility index (Phi) is 1.51. The minimum absolute atomic E-state index is 0.199. The van der Waals surface area contributed by atoms with Gasteiger partial charge in [0.05, 0.1) is 6.10 Å². The number of β-amino-alcohol motifs (C(OH)–C–C–N with tert-alkyl or cyclic N) is 1. The fourth-order valence-electron chi connectivity index (χ4n) is 1.03. The summed E-state index contributed by atoms with van der Waals surface area (Å²) in [5.74, 6) is 5.44. The molecule has 0 saturated carbocycles. The summed E-state index contributed by atoms with van der Waals surface area (Å²) in [6, 6.07) is 0.352. The number of rotatable bonds is 0. The van der Waals surface area contributed by atoms with Crippen LogP contribution in [0.5, 0.6) is 0 Å². The molecule has 0 bridgehead atoms. The summed E-state index contributed by atoms with van der Waals surface area (Å²) >= 11 is 0. The van der Waals surface area contributed by atoms with Gasteiger partial charge >= 0.3 is 0 Å². The molecule has 1 heterocycles. The van der Waals surface area contributed by atoms with E-state index in [0.29, 0.717) is 12.6 Å². The van der Waals surface area contributed by atoms with E-state index in [4.69, 9.17) is 10.9 Å². The molecule has 0 aromatic rings. The molecule has 3 heteroatoms. The van der Waals surface area contributed by atoms with Gasteiger partial charge in [-0.15, -0.1) is 0 Å². The van der Waals surface area contributed by atoms with Gasteiger partial charge in [-0.25, -0.2) is 5.01 Å². The van der Waals surface area contributed by atoms with Crippen molar-refractivity contribution in [3.8, 4) is 0 Å². The maximum Gasteiger partial charge on any atom is 0.0696 e. The van der Waals surface area contributed by atoms with Crippen LogP contribution < -0.4 is 5.84 Å². The van der Waals surface area contributed by atoms with Crippen molar-refractivity contribution < 1.29 is 5.11 Å². The smallest absolute Gasteiger partial charge is 0.0696 e. The van der Waals surface area contributed by atoms with Gasteiger partial charge in [-0.1, -0.05) is 0 Å². The van der Waals surface area contributed by atoms with Crippen LogP contribution in [0.25, 0.3) is 0 Å². The Morgan fingerprint density at radius 2 is 2.38 bits per heavy atom. The molecule has 1 rings (SSSR count).